The predicted molar refractivity (Wildman–Crippen MR) is 125 cm³/mol. The van der Waals surface area contributed by atoms with Crippen LogP contribution in [0.15, 0.2) is 54.6 Å². The maximum absolute atomic E-state index is 13.8. The molecular formula is C26H32FN3O3. The molecule has 4 rings (SSSR count). The van der Waals surface area contributed by atoms with Gasteiger partial charge in [-0.1, -0.05) is 24.3 Å². The molecule has 0 spiro atoms. The topological polar surface area (TPSA) is 59.8 Å². The number of hydrogen-bond donors (Lipinski definition) is 1. The van der Waals surface area contributed by atoms with E-state index in [2.05, 4.69) is 28.2 Å². The first-order valence-electron chi connectivity index (χ1n) is 11.5. The number of para-hydroxylation sites is 1. The molecule has 0 amide bonds. The van der Waals surface area contributed by atoms with Gasteiger partial charge in [0.15, 0.2) is 11.6 Å². The predicted octanol–water partition coefficient (Wildman–Crippen LogP) is 4.12. The normalized spacial score (nSPS) is 16.0. The van der Waals surface area contributed by atoms with E-state index in [1.54, 1.807) is 18.2 Å². The summed E-state index contributed by atoms with van der Waals surface area (Å²) in [7, 11) is 0. The van der Waals surface area contributed by atoms with Crippen LogP contribution >= 0.6 is 0 Å². The third-order valence-electron chi connectivity index (χ3n) is 6.10. The highest BCUT2D eigenvalue weighted by Crippen LogP contribution is 2.26. The molecule has 3 aromatic rings. The SMILES string of the molecule is Cc1cc(C)n(CCOc2cccc(CN3CCC(O)(COc4ccccc4F)CC3)c2)n1. The summed E-state index contributed by atoms with van der Waals surface area (Å²) in [5, 5.41) is 15.3. The minimum atomic E-state index is -0.938. The summed E-state index contributed by atoms with van der Waals surface area (Å²) in [5.74, 6) is 0.624. The third kappa shape index (κ3) is 6.33. The van der Waals surface area contributed by atoms with Crippen molar-refractivity contribution >= 4 is 0 Å². The van der Waals surface area contributed by atoms with Crippen LogP contribution in [0.1, 0.15) is 29.8 Å². The van der Waals surface area contributed by atoms with Crippen molar-refractivity contribution in [1.82, 2.24) is 14.7 Å². The number of aromatic nitrogens is 2. The lowest BCUT2D eigenvalue weighted by Crippen LogP contribution is -2.47. The highest BCUT2D eigenvalue weighted by Gasteiger charge is 2.33. The smallest absolute Gasteiger partial charge is 0.165 e. The standard InChI is InChI=1S/C26H32FN3O3/c1-20-16-21(2)30(28-20)14-15-32-23-7-5-6-22(17-23)18-29-12-10-26(31,11-13-29)19-33-25-9-4-3-8-24(25)27/h3-9,16-17,31H,10-15,18-19H2,1-2H3. The van der Waals surface area contributed by atoms with Gasteiger partial charge in [0.2, 0.25) is 0 Å². The quantitative estimate of drug-likeness (QED) is 0.528. The average molecular weight is 454 g/mol. The van der Waals surface area contributed by atoms with Crippen LogP contribution in [-0.4, -0.2) is 51.7 Å². The van der Waals surface area contributed by atoms with Gasteiger partial charge in [0.05, 0.1) is 12.2 Å². The molecule has 1 aromatic heterocycles. The van der Waals surface area contributed by atoms with Crippen LogP contribution in [0.3, 0.4) is 0 Å². The number of benzene rings is 2. The van der Waals surface area contributed by atoms with Crippen molar-refractivity contribution in [2.24, 2.45) is 0 Å². The molecule has 1 fully saturated rings. The Balaban J connectivity index is 1.23. The third-order valence-corrected chi connectivity index (χ3v) is 6.10. The second-order valence-corrected chi connectivity index (χ2v) is 8.87. The molecule has 0 radical (unpaired) electrons. The van der Waals surface area contributed by atoms with Crippen LogP contribution in [-0.2, 0) is 13.1 Å². The molecule has 2 aromatic carbocycles. The molecule has 2 heterocycles. The number of piperidine rings is 1. The molecule has 176 valence electrons. The Hall–Kier alpha value is -2.90. The van der Waals surface area contributed by atoms with Gasteiger partial charge in [0.25, 0.3) is 0 Å². The molecule has 1 aliphatic rings. The fraction of sp³-hybridized carbons (Fsp3) is 0.423. The Labute approximate surface area is 194 Å². The highest BCUT2D eigenvalue weighted by molar-refractivity contribution is 5.28. The van der Waals surface area contributed by atoms with Gasteiger partial charge in [0, 0.05) is 25.3 Å². The number of nitrogens with zero attached hydrogens (tertiary/aromatic N) is 3. The van der Waals surface area contributed by atoms with Crippen LogP contribution in [0.25, 0.3) is 0 Å². The van der Waals surface area contributed by atoms with E-state index < -0.39 is 11.4 Å². The van der Waals surface area contributed by atoms with Gasteiger partial charge in [-0.05, 0) is 62.6 Å². The minimum absolute atomic E-state index is 0.0976. The summed E-state index contributed by atoms with van der Waals surface area (Å²) in [6, 6.07) is 16.5. The molecule has 1 N–H and O–H groups in total. The summed E-state index contributed by atoms with van der Waals surface area (Å²) >= 11 is 0. The molecule has 0 unspecified atom stereocenters. The van der Waals surface area contributed by atoms with E-state index in [0.717, 1.165) is 36.8 Å². The summed E-state index contributed by atoms with van der Waals surface area (Å²) in [4.78, 5) is 2.31. The van der Waals surface area contributed by atoms with Crippen LogP contribution in [0.2, 0.25) is 0 Å². The van der Waals surface area contributed by atoms with Crippen molar-refractivity contribution in [3.63, 3.8) is 0 Å². The van der Waals surface area contributed by atoms with Crippen molar-refractivity contribution in [3.8, 4) is 11.5 Å². The number of aliphatic hydroxyl groups is 1. The zero-order chi connectivity index (χ0) is 23.3. The van der Waals surface area contributed by atoms with Crippen LogP contribution in [0.5, 0.6) is 11.5 Å². The van der Waals surface area contributed by atoms with E-state index in [1.807, 2.05) is 30.7 Å². The Bertz CT molecular complexity index is 1060. The van der Waals surface area contributed by atoms with Gasteiger partial charge in [-0.25, -0.2) is 4.39 Å². The van der Waals surface area contributed by atoms with Gasteiger partial charge in [-0.3, -0.25) is 9.58 Å². The monoisotopic (exact) mass is 453 g/mol. The zero-order valence-corrected chi connectivity index (χ0v) is 19.3. The number of ether oxygens (including phenoxy) is 2. The largest absolute Gasteiger partial charge is 0.492 e. The molecule has 7 heteroatoms. The zero-order valence-electron chi connectivity index (χ0n) is 19.3. The molecule has 0 aliphatic carbocycles. The number of likely N-dealkylation sites (tertiary alicyclic amines) is 1. The lowest BCUT2D eigenvalue weighted by atomic mass is 9.92. The molecule has 0 bridgehead atoms. The molecule has 0 atom stereocenters. The van der Waals surface area contributed by atoms with Gasteiger partial charge in [0.1, 0.15) is 24.6 Å². The summed E-state index contributed by atoms with van der Waals surface area (Å²) in [6.07, 6.45) is 1.17. The average Bonchev–Trinajstić information content (AvgIpc) is 3.12. The Morgan fingerprint density at radius 1 is 1.03 bits per heavy atom. The first-order valence-corrected chi connectivity index (χ1v) is 11.5. The van der Waals surface area contributed by atoms with Gasteiger partial charge in [-0.2, -0.15) is 5.10 Å². The van der Waals surface area contributed by atoms with E-state index in [1.165, 1.54) is 11.6 Å². The Kier molecular flexibility index (Phi) is 7.30. The Morgan fingerprint density at radius 2 is 1.82 bits per heavy atom. The van der Waals surface area contributed by atoms with Crippen LogP contribution < -0.4 is 9.47 Å². The minimum Gasteiger partial charge on any atom is -0.492 e. The first kappa shape index (κ1) is 23.3. The second-order valence-electron chi connectivity index (χ2n) is 8.87. The number of rotatable bonds is 9. The van der Waals surface area contributed by atoms with Gasteiger partial charge < -0.3 is 14.6 Å². The first-order chi connectivity index (χ1) is 15.9. The van der Waals surface area contributed by atoms with Crippen LogP contribution in [0, 0.1) is 19.7 Å². The maximum Gasteiger partial charge on any atom is 0.165 e. The Morgan fingerprint density at radius 3 is 2.55 bits per heavy atom. The van der Waals surface area contributed by atoms with E-state index >= 15 is 0 Å². The lowest BCUT2D eigenvalue weighted by molar-refractivity contribution is -0.0543. The van der Waals surface area contributed by atoms with Crippen LogP contribution in [0.4, 0.5) is 4.39 Å². The molecule has 1 aliphatic heterocycles. The van der Waals surface area contributed by atoms with Crippen molar-refractivity contribution in [2.45, 2.75) is 45.4 Å². The van der Waals surface area contributed by atoms with E-state index in [9.17, 15) is 9.50 Å². The second kappa shape index (κ2) is 10.4. The van der Waals surface area contributed by atoms with E-state index in [0.29, 0.717) is 26.0 Å². The van der Waals surface area contributed by atoms with Crippen molar-refractivity contribution < 1.29 is 19.0 Å². The summed E-state index contributed by atoms with van der Waals surface area (Å²) in [5.41, 5.74) is 2.38. The summed E-state index contributed by atoms with van der Waals surface area (Å²) < 4.78 is 27.2. The highest BCUT2D eigenvalue weighted by atomic mass is 19.1. The number of aryl methyl sites for hydroxylation is 2. The fourth-order valence-corrected chi connectivity index (χ4v) is 4.19. The molecule has 6 nitrogen and oxygen atoms in total. The molecule has 0 saturated carbocycles. The molecule has 33 heavy (non-hydrogen) atoms. The van der Waals surface area contributed by atoms with Crippen molar-refractivity contribution in [3.05, 3.63) is 77.4 Å². The van der Waals surface area contributed by atoms with Crippen molar-refractivity contribution in [2.75, 3.05) is 26.3 Å². The summed E-state index contributed by atoms with van der Waals surface area (Å²) in [6.45, 7) is 7.70. The van der Waals surface area contributed by atoms with Gasteiger partial charge >= 0.3 is 0 Å². The van der Waals surface area contributed by atoms with E-state index in [4.69, 9.17) is 9.47 Å². The van der Waals surface area contributed by atoms with E-state index in [-0.39, 0.29) is 12.4 Å². The van der Waals surface area contributed by atoms with Gasteiger partial charge in [-0.15, -0.1) is 0 Å². The fourth-order valence-electron chi connectivity index (χ4n) is 4.19. The number of halogens is 1. The van der Waals surface area contributed by atoms with Crippen molar-refractivity contribution in [1.29, 1.82) is 0 Å². The maximum atomic E-state index is 13.8. The molecule has 1 saturated heterocycles. The lowest BCUT2D eigenvalue weighted by Gasteiger charge is -2.38. The molecular weight excluding hydrogens is 421 g/mol. The number of hydrogen-bond acceptors (Lipinski definition) is 5.